The van der Waals surface area contributed by atoms with Crippen molar-refractivity contribution in [3.05, 3.63) is 37.9 Å². The molecule has 0 spiro atoms. The van der Waals surface area contributed by atoms with Crippen molar-refractivity contribution < 1.29 is 9.85 Å². The van der Waals surface area contributed by atoms with E-state index in [0.717, 1.165) is 23.9 Å². The van der Waals surface area contributed by atoms with Crippen molar-refractivity contribution in [2.45, 2.75) is 6.92 Å². The lowest BCUT2D eigenvalue weighted by Crippen LogP contribution is -2.12. The van der Waals surface area contributed by atoms with Crippen molar-refractivity contribution in [3.63, 3.8) is 0 Å². The molecule has 10 heteroatoms. The molecule has 0 aromatic heterocycles. The Hall–Kier alpha value is -2.67. The van der Waals surface area contributed by atoms with Crippen LogP contribution in [0.4, 0.5) is 17.1 Å². The zero-order valence-corrected chi connectivity index (χ0v) is 11.3. The zero-order chi connectivity index (χ0) is 15.3. The molecule has 0 heterocycles. The van der Waals surface area contributed by atoms with E-state index in [-0.39, 0.29) is 16.4 Å². The molecule has 9 nitrogen and oxygen atoms in total. The third-order valence-corrected chi connectivity index (χ3v) is 2.90. The molecule has 0 radical (unpaired) electrons. The van der Waals surface area contributed by atoms with E-state index in [1.807, 2.05) is 0 Å². The molecule has 0 unspecified atom stereocenters. The highest BCUT2D eigenvalue weighted by Gasteiger charge is 2.21. The monoisotopic (exact) mass is 295 g/mol. The summed E-state index contributed by atoms with van der Waals surface area (Å²) in [5.74, 6) is 0. The van der Waals surface area contributed by atoms with Gasteiger partial charge in [0.1, 0.15) is 0 Å². The fourth-order valence-electron chi connectivity index (χ4n) is 1.36. The summed E-state index contributed by atoms with van der Waals surface area (Å²) in [5, 5.41) is 32.7. The molecule has 0 amide bonds. The fourth-order valence-corrected chi connectivity index (χ4v) is 1.70. The molecule has 1 aromatic rings. The Labute approximate surface area is 117 Å². The summed E-state index contributed by atoms with van der Waals surface area (Å²) < 4.78 is 0. The number of amidine groups is 1. The van der Waals surface area contributed by atoms with Crippen molar-refractivity contribution in [1.29, 1.82) is 5.26 Å². The molecule has 0 aliphatic heterocycles. The predicted molar refractivity (Wildman–Crippen MR) is 73.8 cm³/mol. The summed E-state index contributed by atoms with van der Waals surface area (Å²) in [4.78, 5) is 24.2. The third-order valence-electron chi connectivity index (χ3n) is 2.32. The quantitative estimate of drug-likeness (QED) is 0.225. The van der Waals surface area contributed by atoms with Crippen LogP contribution in [0.5, 0.6) is 0 Å². The maximum Gasteiger partial charge on any atom is 0.281 e. The van der Waals surface area contributed by atoms with E-state index < -0.39 is 21.2 Å². The molecule has 0 atom stereocenters. The van der Waals surface area contributed by atoms with E-state index in [9.17, 15) is 20.2 Å². The third kappa shape index (κ3) is 3.42. The van der Waals surface area contributed by atoms with Crippen molar-refractivity contribution in [1.82, 2.24) is 5.32 Å². The van der Waals surface area contributed by atoms with Crippen molar-refractivity contribution in [2.75, 3.05) is 6.26 Å². The van der Waals surface area contributed by atoms with Crippen LogP contribution in [0.1, 0.15) is 5.56 Å². The number of benzene rings is 1. The van der Waals surface area contributed by atoms with Crippen LogP contribution < -0.4 is 5.32 Å². The smallest absolute Gasteiger partial charge is 0.271 e. The van der Waals surface area contributed by atoms with Crippen LogP contribution in [-0.2, 0) is 0 Å². The van der Waals surface area contributed by atoms with E-state index in [2.05, 4.69) is 10.3 Å². The Morgan fingerprint density at radius 1 is 1.40 bits per heavy atom. The van der Waals surface area contributed by atoms with Gasteiger partial charge in [-0.25, -0.2) is 4.99 Å². The average molecular weight is 295 g/mol. The number of hydrogen-bond donors (Lipinski definition) is 1. The van der Waals surface area contributed by atoms with E-state index >= 15 is 0 Å². The van der Waals surface area contributed by atoms with Crippen LogP contribution >= 0.6 is 11.8 Å². The number of nitro benzene ring substituents is 2. The van der Waals surface area contributed by atoms with Crippen molar-refractivity contribution in [3.8, 4) is 6.19 Å². The highest BCUT2D eigenvalue weighted by molar-refractivity contribution is 8.13. The molecule has 1 aromatic carbocycles. The molecule has 20 heavy (non-hydrogen) atoms. The highest BCUT2D eigenvalue weighted by Crippen LogP contribution is 2.33. The fraction of sp³-hybridized carbons (Fsp3) is 0.200. The number of thioether (sulfide) groups is 1. The molecule has 1 rings (SSSR count). The second-order valence-corrected chi connectivity index (χ2v) is 4.28. The molecule has 104 valence electrons. The maximum absolute atomic E-state index is 10.9. The highest BCUT2D eigenvalue weighted by atomic mass is 32.2. The number of non-ortho nitro benzene ring substituents is 1. The molecular weight excluding hydrogens is 286 g/mol. The van der Waals surface area contributed by atoms with Gasteiger partial charge in [0.2, 0.25) is 0 Å². The number of nitrogens with zero attached hydrogens (tertiary/aromatic N) is 4. The standard InChI is InChI=1S/C10H9N5O4S/c1-6-8(13-10(20-2)12-5-11)3-7(14(16)17)4-9(6)15(18)19/h3-4H,1-2H3,(H,12,13). The second kappa shape index (κ2) is 6.48. The summed E-state index contributed by atoms with van der Waals surface area (Å²) in [6, 6.07) is 2.00. The van der Waals surface area contributed by atoms with Crippen LogP contribution in [0, 0.1) is 38.6 Å². The Balaban J connectivity index is 3.49. The maximum atomic E-state index is 10.9. The molecular formula is C10H9N5O4S. The zero-order valence-electron chi connectivity index (χ0n) is 10.5. The van der Waals surface area contributed by atoms with E-state index in [4.69, 9.17) is 5.26 Å². The van der Waals surface area contributed by atoms with Gasteiger partial charge >= 0.3 is 0 Å². The topological polar surface area (TPSA) is 134 Å². The van der Waals surface area contributed by atoms with Gasteiger partial charge in [0.15, 0.2) is 11.4 Å². The first-order valence-electron chi connectivity index (χ1n) is 5.12. The van der Waals surface area contributed by atoms with Crippen LogP contribution in [0.2, 0.25) is 0 Å². The molecule has 1 N–H and O–H groups in total. The van der Waals surface area contributed by atoms with Gasteiger partial charge in [-0.3, -0.25) is 25.5 Å². The number of nitrogens with one attached hydrogen (secondary N) is 1. The summed E-state index contributed by atoms with van der Waals surface area (Å²) in [6.07, 6.45) is 3.31. The van der Waals surface area contributed by atoms with Gasteiger partial charge in [-0.1, -0.05) is 11.8 Å². The normalized spacial score (nSPS) is 10.8. The Morgan fingerprint density at radius 3 is 2.50 bits per heavy atom. The number of nitriles is 1. The van der Waals surface area contributed by atoms with Gasteiger partial charge in [-0.2, -0.15) is 5.26 Å². The minimum Gasteiger partial charge on any atom is -0.271 e. The largest absolute Gasteiger partial charge is 0.281 e. The van der Waals surface area contributed by atoms with Crippen LogP contribution in [0.3, 0.4) is 0 Å². The first-order valence-corrected chi connectivity index (χ1v) is 6.34. The predicted octanol–water partition coefficient (Wildman–Crippen LogP) is 2.23. The summed E-state index contributed by atoms with van der Waals surface area (Å²) in [6.45, 7) is 1.44. The van der Waals surface area contributed by atoms with E-state index in [1.165, 1.54) is 6.92 Å². The van der Waals surface area contributed by atoms with Gasteiger partial charge in [-0.05, 0) is 13.2 Å². The Morgan fingerprint density at radius 2 is 2.05 bits per heavy atom. The first kappa shape index (κ1) is 15.4. The lowest BCUT2D eigenvalue weighted by Gasteiger charge is -2.04. The lowest BCUT2D eigenvalue weighted by atomic mass is 10.1. The Kier molecular flexibility index (Phi) is 4.99. The Bertz CT molecular complexity index is 637. The molecule has 0 saturated heterocycles. The summed E-state index contributed by atoms with van der Waals surface area (Å²) in [7, 11) is 0. The molecule has 0 aliphatic carbocycles. The van der Waals surface area contributed by atoms with Gasteiger partial charge in [0.05, 0.1) is 27.2 Å². The van der Waals surface area contributed by atoms with Gasteiger partial charge < -0.3 is 0 Å². The van der Waals surface area contributed by atoms with Crippen LogP contribution in [0.15, 0.2) is 17.1 Å². The van der Waals surface area contributed by atoms with E-state index in [1.54, 1.807) is 12.4 Å². The van der Waals surface area contributed by atoms with Gasteiger partial charge in [0.25, 0.3) is 11.4 Å². The molecule has 0 bridgehead atoms. The van der Waals surface area contributed by atoms with Crippen molar-refractivity contribution >= 4 is 34.0 Å². The number of rotatable bonds is 3. The van der Waals surface area contributed by atoms with Crippen LogP contribution in [0.25, 0.3) is 0 Å². The number of hydrogen-bond acceptors (Lipinski definition) is 7. The van der Waals surface area contributed by atoms with Crippen LogP contribution in [-0.4, -0.2) is 21.3 Å². The minimum absolute atomic E-state index is 0.0676. The SMILES string of the molecule is CSC(=Nc1cc([N+](=O)[O-])cc([N+](=O)[O-])c1C)NC#N. The van der Waals surface area contributed by atoms with Gasteiger partial charge in [0, 0.05) is 6.07 Å². The average Bonchev–Trinajstić information content (AvgIpc) is 2.39. The number of nitro groups is 2. The van der Waals surface area contributed by atoms with Crippen molar-refractivity contribution in [2.24, 2.45) is 4.99 Å². The minimum atomic E-state index is -0.734. The van der Waals surface area contributed by atoms with E-state index in [0.29, 0.717) is 0 Å². The second-order valence-electron chi connectivity index (χ2n) is 3.48. The molecule has 0 aliphatic rings. The summed E-state index contributed by atoms with van der Waals surface area (Å²) >= 11 is 1.10. The van der Waals surface area contributed by atoms with Gasteiger partial charge in [-0.15, -0.1) is 0 Å². The first-order chi connectivity index (χ1) is 9.40. The molecule has 0 saturated carbocycles. The number of aliphatic imine (C=N–C) groups is 1. The lowest BCUT2D eigenvalue weighted by molar-refractivity contribution is -0.394. The molecule has 0 fully saturated rings. The summed E-state index contributed by atoms with van der Waals surface area (Å²) in [5.41, 5.74) is -0.571.